The van der Waals surface area contributed by atoms with Crippen molar-refractivity contribution in [2.45, 2.75) is 45.2 Å². The molecule has 0 aromatic heterocycles. The molecule has 0 spiro atoms. The third kappa shape index (κ3) is 2.76. The molecule has 1 aromatic carbocycles. The highest BCUT2D eigenvalue weighted by Crippen LogP contribution is 2.30. The fraction of sp³-hybridized carbons (Fsp3) is 0.467. The Labute approximate surface area is 118 Å². The second kappa shape index (κ2) is 5.94. The summed E-state index contributed by atoms with van der Waals surface area (Å²) in [6.45, 7) is 3.73. The Hall–Kier alpha value is -2.04. The maximum Gasteiger partial charge on any atom is 0.326 e. The van der Waals surface area contributed by atoms with Crippen molar-refractivity contribution >= 4 is 17.7 Å². The summed E-state index contributed by atoms with van der Waals surface area (Å²) in [6, 6.07) is 6.66. The van der Waals surface area contributed by atoms with Crippen LogP contribution < -0.4 is 10.2 Å². The number of amides is 2. The standard InChI is InChI=1S/C15H20N2O3/c1-3-12(14(18)19)16-15(20)17-10(2)8-9-11-6-4-5-7-13(11)17/h4-7,10,12H,3,8-9H2,1-2H3,(H,16,20)(H,18,19)/t10?,12-/m0/s1. The first-order valence-corrected chi connectivity index (χ1v) is 6.95. The molecule has 1 heterocycles. The average Bonchev–Trinajstić information content (AvgIpc) is 2.44. The molecule has 2 rings (SSSR count). The number of aliphatic carboxylic acids is 1. The number of para-hydroxylation sites is 1. The number of nitrogens with zero attached hydrogens (tertiary/aromatic N) is 1. The van der Waals surface area contributed by atoms with Gasteiger partial charge in [-0.05, 0) is 37.8 Å². The van der Waals surface area contributed by atoms with Gasteiger partial charge in [0.1, 0.15) is 6.04 Å². The SMILES string of the molecule is CC[C@H](NC(=O)N1c2ccccc2CCC1C)C(=O)O. The number of aryl methyl sites for hydroxylation is 1. The molecule has 2 amide bonds. The lowest BCUT2D eigenvalue weighted by atomic mass is 9.97. The number of nitrogens with one attached hydrogen (secondary N) is 1. The molecule has 0 radical (unpaired) electrons. The molecule has 1 aliphatic rings. The van der Waals surface area contributed by atoms with E-state index in [-0.39, 0.29) is 12.1 Å². The van der Waals surface area contributed by atoms with Gasteiger partial charge in [-0.2, -0.15) is 0 Å². The van der Waals surface area contributed by atoms with Crippen LogP contribution in [0.2, 0.25) is 0 Å². The highest BCUT2D eigenvalue weighted by atomic mass is 16.4. The van der Waals surface area contributed by atoms with E-state index < -0.39 is 12.0 Å². The number of anilines is 1. The van der Waals surface area contributed by atoms with Gasteiger partial charge in [0.15, 0.2) is 0 Å². The molecule has 2 N–H and O–H groups in total. The molecule has 20 heavy (non-hydrogen) atoms. The minimum absolute atomic E-state index is 0.0659. The van der Waals surface area contributed by atoms with Crippen LogP contribution in [-0.2, 0) is 11.2 Å². The lowest BCUT2D eigenvalue weighted by molar-refractivity contribution is -0.139. The number of benzene rings is 1. The van der Waals surface area contributed by atoms with Crippen LogP contribution in [0.15, 0.2) is 24.3 Å². The summed E-state index contributed by atoms with van der Waals surface area (Å²) in [7, 11) is 0. The Kier molecular flexibility index (Phi) is 4.27. The lowest BCUT2D eigenvalue weighted by Gasteiger charge is -2.35. The van der Waals surface area contributed by atoms with Crippen LogP contribution in [0, 0.1) is 0 Å². The van der Waals surface area contributed by atoms with E-state index in [2.05, 4.69) is 5.32 Å². The van der Waals surface area contributed by atoms with Crippen LogP contribution in [0.5, 0.6) is 0 Å². The summed E-state index contributed by atoms with van der Waals surface area (Å²) < 4.78 is 0. The van der Waals surface area contributed by atoms with Crippen molar-refractivity contribution < 1.29 is 14.7 Å². The second-order valence-corrected chi connectivity index (χ2v) is 5.13. The first-order chi connectivity index (χ1) is 9.54. The normalized spacial score (nSPS) is 19.1. The number of hydrogen-bond donors (Lipinski definition) is 2. The first kappa shape index (κ1) is 14.4. The molecule has 0 aliphatic carbocycles. The van der Waals surface area contributed by atoms with E-state index in [9.17, 15) is 9.59 Å². The quantitative estimate of drug-likeness (QED) is 0.890. The molecule has 0 saturated heterocycles. The summed E-state index contributed by atoms with van der Waals surface area (Å²) in [6.07, 6.45) is 2.19. The number of carboxylic acids is 1. The minimum Gasteiger partial charge on any atom is -0.480 e. The van der Waals surface area contributed by atoms with Crippen LogP contribution >= 0.6 is 0 Å². The number of carbonyl (C=O) groups excluding carboxylic acids is 1. The van der Waals surface area contributed by atoms with Crippen LogP contribution in [0.3, 0.4) is 0 Å². The van der Waals surface area contributed by atoms with Crippen molar-refractivity contribution in [3.05, 3.63) is 29.8 Å². The van der Waals surface area contributed by atoms with Gasteiger partial charge in [-0.1, -0.05) is 25.1 Å². The minimum atomic E-state index is -1.00. The molecule has 0 fully saturated rings. The molecule has 5 nitrogen and oxygen atoms in total. The van der Waals surface area contributed by atoms with E-state index >= 15 is 0 Å². The zero-order chi connectivity index (χ0) is 14.7. The van der Waals surface area contributed by atoms with Gasteiger partial charge in [0, 0.05) is 11.7 Å². The van der Waals surface area contributed by atoms with E-state index in [4.69, 9.17) is 5.11 Å². The molecule has 1 unspecified atom stereocenters. The molecule has 108 valence electrons. The van der Waals surface area contributed by atoms with Gasteiger partial charge in [0.2, 0.25) is 0 Å². The Balaban J connectivity index is 2.23. The molecule has 5 heteroatoms. The van der Waals surface area contributed by atoms with E-state index in [0.29, 0.717) is 6.42 Å². The van der Waals surface area contributed by atoms with E-state index in [1.54, 1.807) is 11.8 Å². The molecule has 2 atom stereocenters. The first-order valence-electron chi connectivity index (χ1n) is 6.95. The van der Waals surface area contributed by atoms with Gasteiger partial charge in [0.05, 0.1) is 0 Å². The van der Waals surface area contributed by atoms with Crippen LogP contribution in [-0.4, -0.2) is 29.2 Å². The summed E-state index contributed by atoms with van der Waals surface area (Å²) >= 11 is 0. The number of hydrogen-bond acceptors (Lipinski definition) is 2. The third-order valence-electron chi connectivity index (χ3n) is 3.75. The van der Waals surface area contributed by atoms with Crippen LogP contribution in [0.1, 0.15) is 32.3 Å². The van der Waals surface area contributed by atoms with Gasteiger partial charge in [0.25, 0.3) is 0 Å². The van der Waals surface area contributed by atoms with Crippen molar-refractivity contribution in [2.24, 2.45) is 0 Å². The fourth-order valence-corrected chi connectivity index (χ4v) is 2.55. The zero-order valence-electron chi connectivity index (χ0n) is 11.8. The van der Waals surface area contributed by atoms with Crippen molar-refractivity contribution in [3.8, 4) is 0 Å². The summed E-state index contributed by atoms with van der Waals surface area (Å²) in [5, 5.41) is 11.6. The monoisotopic (exact) mass is 276 g/mol. The lowest BCUT2D eigenvalue weighted by Crippen LogP contribution is -2.52. The van der Waals surface area contributed by atoms with E-state index in [0.717, 1.165) is 24.1 Å². The Morgan fingerprint density at radius 1 is 1.45 bits per heavy atom. The van der Waals surface area contributed by atoms with Crippen LogP contribution in [0.25, 0.3) is 0 Å². The van der Waals surface area contributed by atoms with Gasteiger partial charge >= 0.3 is 12.0 Å². The summed E-state index contributed by atoms with van der Waals surface area (Å²) in [5.74, 6) is -1.00. The van der Waals surface area contributed by atoms with Crippen LogP contribution in [0.4, 0.5) is 10.5 Å². The van der Waals surface area contributed by atoms with Gasteiger partial charge in [-0.15, -0.1) is 0 Å². The topological polar surface area (TPSA) is 69.6 Å². The van der Waals surface area contributed by atoms with E-state index in [1.807, 2.05) is 31.2 Å². The Bertz CT molecular complexity index is 516. The Morgan fingerprint density at radius 2 is 2.15 bits per heavy atom. The Morgan fingerprint density at radius 3 is 2.80 bits per heavy atom. The van der Waals surface area contributed by atoms with Crippen molar-refractivity contribution in [1.82, 2.24) is 5.32 Å². The largest absolute Gasteiger partial charge is 0.480 e. The molecular formula is C15H20N2O3. The number of carbonyl (C=O) groups is 2. The average molecular weight is 276 g/mol. The van der Waals surface area contributed by atoms with E-state index in [1.165, 1.54) is 0 Å². The molecule has 1 aliphatic heterocycles. The highest BCUT2D eigenvalue weighted by molar-refractivity contribution is 5.96. The smallest absolute Gasteiger partial charge is 0.326 e. The second-order valence-electron chi connectivity index (χ2n) is 5.13. The predicted octanol–water partition coefficient (Wildman–Crippen LogP) is 2.40. The number of rotatable bonds is 3. The third-order valence-corrected chi connectivity index (χ3v) is 3.75. The summed E-state index contributed by atoms with van der Waals surface area (Å²) in [4.78, 5) is 25.1. The molecule has 0 bridgehead atoms. The zero-order valence-corrected chi connectivity index (χ0v) is 11.8. The molecule has 0 saturated carbocycles. The maximum atomic E-state index is 12.4. The number of fused-ring (bicyclic) bond motifs is 1. The number of urea groups is 1. The van der Waals surface area contributed by atoms with Gasteiger partial charge in [-0.3, -0.25) is 4.90 Å². The molecule has 1 aromatic rings. The van der Waals surface area contributed by atoms with Gasteiger partial charge < -0.3 is 10.4 Å². The van der Waals surface area contributed by atoms with Crippen molar-refractivity contribution in [3.63, 3.8) is 0 Å². The predicted molar refractivity (Wildman–Crippen MR) is 77.0 cm³/mol. The van der Waals surface area contributed by atoms with Crippen molar-refractivity contribution in [1.29, 1.82) is 0 Å². The van der Waals surface area contributed by atoms with Crippen molar-refractivity contribution in [2.75, 3.05) is 4.90 Å². The van der Waals surface area contributed by atoms with Gasteiger partial charge in [-0.25, -0.2) is 9.59 Å². The fourth-order valence-electron chi connectivity index (χ4n) is 2.55. The molecular weight excluding hydrogens is 256 g/mol. The summed E-state index contributed by atoms with van der Waals surface area (Å²) in [5.41, 5.74) is 2.01. The number of carboxylic acid groups (broad SMARTS) is 1. The maximum absolute atomic E-state index is 12.4. The highest BCUT2D eigenvalue weighted by Gasteiger charge is 2.30.